The molecule has 2 aromatic rings. The number of fused-ring (bicyclic) bond motifs is 1. The number of furan rings is 1. The number of carboxylic acid groups (broad SMARTS) is 1. The summed E-state index contributed by atoms with van der Waals surface area (Å²) < 4.78 is 5.49. The van der Waals surface area contributed by atoms with Crippen LogP contribution in [0.2, 0.25) is 0 Å². The lowest BCUT2D eigenvalue weighted by atomic mass is 9.90. The van der Waals surface area contributed by atoms with Gasteiger partial charge in [0.15, 0.2) is 0 Å². The molecule has 1 heterocycles. The number of hydrogen-bond acceptors (Lipinski definition) is 4. The summed E-state index contributed by atoms with van der Waals surface area (Å²) in [6.45, 7) is 1.87. The van der Waals surface area contributed by atoms with Crippen molar-refractivity contribution in [2.24, 2.45) is 5.92 Å². The van der Waals surface area contributed by atoms with Gasteiger partial charge in [-0.3, -0.25) is 14.8 Å². The van der Waals surface area contributed by atoms with Crippen LogP contribution in [0.25, 0.3) is 10.8 Å². The summed E-state index contributed by atoms with van der Waals surface area (Å²) in [5.41, 5.74) is 0. The summed E-state index contributed by atoms with van der Waals surface area (Å²) >= 11 is 0. The van der Waals surface area contributed by atoms with Crippen molar-refractivity contribution in [1.82, 2.24) is 5.06 Å². The van der Waals surface area contributed by atoms with E-state index < -0.39 is 17.9 Å². The molecule has 6 nitrogen and oxygen atoms in total. The van der Waals surface area contributed by atoms with Gasteiger partial charge >= 0.3 is 5.97 Å². The lowest BCUT2D eigenvalue weighted by Gasteiger charge is -2.27. The van der Waals surface area contributed by atoms with Crippen molar-refractivity contribution in [3.8, 4) is 0 Å². The Balaban J connectivity index is 2.31. The first-order chi connectivity index (χ1) is 10.6. The van der Waals surface area contributed by atoms with E-state index in [1.54, 1.807) is 6.26 Å². The predicted molar refractivity (Wildman–Crippen MR) is 79.4 cm³/mol. The smallest absolute Gasteiger partial charge is 0.309 e. The minimum Gasteiger partial charge on any atom is -0.481 e. The van der Waals surface area contributed by atoms with Crippen molar-refractivity contribution < 1.29 is 24.3 Å². The number of benzene rings is 1. The van der Waals surface area contributed by atoms with E-state index in [-0.39, 0.29) is 12.8 Å². The molecular formula is C16H19NO5. The fraction of sp³-hybridized carbons (Fsp3) is 0.375. The van der Waals surface area contributed by atoms with Crippen LogP contribution in [0, 0.1) is 5.92 Å². The second-order valence-corrected chi connectivity index (χ2v) is 5.24. The fourth-order valence-corrected chi connectivity index (χ4v) is 2.69. The molecule has 0 aliphatic heterocycles. The predicted octanol–water partition coefficient (Wildman–Crippen LogP) is 2.69. The molecule has 6 heteroatoms. The van der Waals surface area contributed by atoms with Crippen LogP contribution in [-0.2, 0) is 16.0 Å². The number of carboxylic acids is 1. The summed E-state index contributed by atoms with van der Waals surface area (Å²) in [7, 11) is 0. The van der Waals surface area contributed by atoms with Crippen molar-refractivity contribution >= 4 is 23.2 Å². The Kier molecular flexibility index (Phi) is 5.16. The summed E-state index contributed by atoms with van der Waals surface area (Å²) in [4.78, 5) is 22.4. The lowest BCUT2D eigenvalue weighted by Crippen LogP contribution is -2.42. The molecule has 0 saturated heterocycles. The van der Waals surface area contributed by atoms with Gasteiger partial charge < -0.3 is 9.52 Å². The molecule has 0 radical (unpaired) electrons. The Bertz CT molecular complexity index is 651. The third-order valence-electron chi connectivity index (χ3n) is 3.81. The SMILES string of the molecule is CCC[C@@H]([C@@H](Cc1occ2ccccc12)C(=O)O)N(O)C=O. The average molecular weight is 305 g/mol. The molecule has 0 spiro atoms. The van der Waals surface area contributed by atoms with Crippen molar-refractivity contribution in [3.63, 3.8) is 0 Å². The molecule has 1 amide bonds. The number of aliphatic carboxylic acids is 1. The van der Waals surface area contributed by atoms with Gasteiger partial charge in [0, 0.05) is 17.2 Å². The van der Waals surface area contributed by atoms with Crippen LogP contribution in [0.4, 0.5) is 0 Å². The number of carbonyl (C=O) groups is 2. The number of carbonyl (C=O) groups excluding carboxylic acids is 1. The molecular weight excluding hydrogens is 286 g/mol. The topological polar surface area (TPSA) is 91.0 Å². The van der Waals surface area contributed by atoms with Crippen LogP contribution >= 0.6 is 0 Å². The molecule has 118 valence electrons. The van der Waals surface area contributed by atoms with E-state index >= 15 is 0 Å². The molecule has 0 fully saturated rings. The molecule has 0 aliphatic rings. The van der Waals surface area contributed by atoms with E-state index in [1.165, 1.54) is 0 Å². The van der Waals surface area contributed by atoms with Gasteiger partial charge in [0.25, 0.3) is 0 Å². The zero-order chi connectivity index (χ0) is 16.1. The van der Waals surface area contributed by atoms with E-state index in [0.29, 0.717) is 23.7 Å². The highest BCUT2D eigenvalue weighted by atomic mass is 16.5. The first-order valence-corrected chi connectivity index (χ1v) is 7.18. The largest absolute Gasteiger partial charge is 0.481 e. The maximum Gasteiger partial charge on any atom is 0.309 e. The van der Waals surface area contributed by atoms with Crippen LogP contribution in [0.15, 0.2) is 34.9 Å². The third kappa shape index (κ3) is 3.28. The Morgan fingerprint density at radius 3 is 2.77 bits per heavy atom. The summed E-state index contributed by atoms with van der Waals surface area (Å²) in [6, 6.07) is 6.68. The van der Waals surface area contributed by atoms with Crippen LogP contribution < -0.4 is 0 Å². The Morgan fingerprint density at radius 2 is 2.14 bits per heavy atom. The van der Waals surface area contributed by atoms with Gasteiger partial charge in [-0.25, -0.2) is 5.06 Å². The maximum atomic E-state index is 11.6. The van der Waals surface area contributed by atoms with Crippen molar-refractivity contribution in [2.75, 3.05) is 0 Å². The lowest BCUT2D eigenvalue weighted by molar-refractivity contribution is -0.172. The summed E-state index contributed by atoms with van der Waals surface area (Å²) in [5.74, 6) is -1.46. The van der Waals surface area contributed by atoms with Gasteiger partial charge in [0.05, 0.1) is 18.2 Å². The number of rotatable bonds is 8. The monoisotopic (exact) mass is 305 g/mol. The molecule has 0 bridgehead atoms. The quantitative estimate of drug-likeness (QED) is 0.444. The van der Waals surface area contributed by atoms with Gasteiger partial charge in [0.2, 0.25) is 6.41 Å². The molecule has 2 rings (SSSR count). The zero-order valence-electron chi connectivity index (χ0n) is 12.3. The van der Waals surface area contributed by atoms with E-state index in [0.717, 1.165) is 10.8 Å². The zero-order valence-corrected chi connectivity index (χ0v) is 12.3. The van der Waals surface area contributed by atoms with Gasteiger partial charge in [-0.2, -0.15) is 0 Å². The Hall–Kier alpha value is -2.34. The van der Waals surface area contributed by atoms with Crippen molar-refractivity contribution in [3.05, 3.63) is 36.3 Å². The second-order valence-electron chi connectivity index (χ2n) is 5.24. The average Bonchev–Trinajstić information content (AvgIpc) is 2.93. The first-order valence-electron chi connectivity index (χ1n) is 7.18. The summed E-state index contributed by atoms with van der Waals surface area (Å²) in [6.07, 6.45) is 2.98. The number of amides is 1. The van der Waals surface area contributed by atoms with E-state index in [4.69, 9.17) is 4.42 Å². The number of hydrogen-bond donors (Lipinski definition) is 2. The molecule has 22 heavy (non-hydrogen) atoms. The minimum absolute atomic E-state index is 0.110. The van der Waals surface area contributed by atoms with Gasteiger partial charge in [-0.15, -0.1) is 0 Å². The van der Waals surface area contributed by atoms with Crippen molar-refractivity contribution in [2.45, 2.75) is 32.2 Å². The number of hydroxylamine groups is 2. The fourth-order valence-electron chi connectivity index (χ4n) is 2.69. The standard InChI is InChI=1S/C16H19NO5/c1-2-5-14(17(21)10-18)13(16(19)20)8-15-12-7-4-3-6-11(12)9-22-15/h3-4,6-7,9-10,13-14,21H,2,5,8H2,1H3,(H,19,20)/t13-,14+/m1/s1. The van der Waals surface area contributed by atoms with Gasteiger partial charge in [0.1, 0.15) is 5.76 Å². The molecule has 0 unspecified atom stereocenters. The molecule has 0 saturated carbocycles. The molecule has 0 aliphatic carbocycles. The van der Waals surface area contributed by atoms with Crippen molar-refractivity contribution in [1.29, 1.82) is 0 Å². The number of nitrogens with zero attached hydrogens (tertiary/aromatic N) is 1. The third-order valence-corrected chi connectivity index (χ3v) is 3.81. The molecule has 2 N–H and O–H groups in total. The molecule has 1 aromatic carbocycles. The molecule has 1 aromatic heterocycles. The van der Waals surface area contributed by atoms with E-state index in [2.05, 4.69) is 0 Å². The Labute approximate surface area is 127 Å². The van der Waals surface area contributed by atoms with E-state index in [9.17, 15) is 19.9 Å². The normalized spacial score (nSPS) is 13.7. The highest BCUT2D eigenvalue weighted by molar-refractivity contribution is 5.84. The van der Waals surface area contributed by atoms with Gasteiger partial charge in [-0.05, 0) is 6.42 Å². The van der Waals surface area contributed by atoms with Crippen LogP contribution in [0.3, 0.4) is 0 Å². The minimum atomic E-state index is -1.07. The van der Waals surface area contributed by atoms with Crippen LogP contribution in [-0.4, -0.2) is 33.8 Å². The maximum absolute atomic E-state index is 11.6. The Morgan fingerprint density at radius 1 is 1.41 bits per heavy atom. The van der Waals surface area contributed by atoms with Crippen LogP contribution in [0.1, 0.15) is 25.5 Å². The van der Waals surface area contributed by atoms with E-state index in [1.807, 2.05) is 31.2 Å². The van der Waals surface area contributed by atoms with Gasteiger partial charge in [-0.1, -0.05) is 37.6 Å². The highest BCUT2D eigenvalue weighted by Gasteiger charge is 2.33. The summed E-state index contributed by atoms with van der Waals surface area (Å²) in [5, 5.41) is 21.4. The molecule has 2 atom stereocenters. The second kappa shape index (κ2) is 7.09. The first kappa shape index (κ1) is 16.0. The van der Waals surface area contributed by atoms with Crippen LogP contribution in [0.5, 0.6) is 0 Å². The highest BCUT2D eigenvalue weighted by Crippen LogP contribution is 2.26.